The summed E-state index contributed by atoms with van der Waals surface area (Å²) in [5.74, 6) is -0.868. The van der Waals surface area contributed by atoms with Crippen LogP contribution in [0, 0.1) is 11.3 Å². The molecule has 0 atom stereocenters. The van der Waals surface area contributed by atoms with Gasteiger partial charge < -0.3 is 5.11 Å². The molecule has 0 saturated heterocycles. The van der Waals surface area contributed by atoms with Crippen LogP contribution in [0.5, 0.6) is 0 Å². The van der Waals surface area contributed by atoms with Gasteiger partial charge >= 0.3 is 5.97 Å². The van der Waals surface area contributed by atoms with Crippen LogP contribution in [0.15, 0.2) is 18.5 Å². The molecule has 1 heterocycles. The lowest BCUT2D eigenvalue weighted by Crippen LogP contribution is -1.99. The average molecular weight is 176 g/mol. The van der Waals surface area contributed by atoms with E-state index in [1.165, 1.54) is 12.4 Å². The monoisotopic (exact) mass is 176 g/mol. The van der Waals surface area contributed by atoms with Crippen LogP contribution in [0.3, 0.4) is 0 Å². The first-order valence-electron chi connectivity index (χ1n) is 3.79. The molecule has 66 valence electrons. The largest absolute Gasteiger partial charge is 0.481 e. The third-order valence-electron chi connectivity index (χ3n) is 1.63. The number of hydrogen-bond donors (Lipinski definition) is 1. The molecule has 0 aliphatic rings. The van der Waals surface area contributed by atoms with Gasteiger partial charge in [0.05, 0.1) is 11.6 Å². The fraction of sp³-hybridized carbons (Fsp3) is 0.222. The van der Waals surface area contributed by atoms with Crippen molar-refractivity contribution >= 4 is 5.97 Å². The van der Waals surface area contributed by atoms with Crippen LogP contribution in [0.1, 0.15) is 17.5 Å². The van der Waals surface area contributed by atoms with Crippen molar-refractivity contribution < 1.29 is 9.90 Å². The Bertz CT molecular complexity index is 355. The van der Waals surface area contributed by atoms with Crippen LogP contribution in [-0.4, -0.2) is 16.1 Å². The fourth-order valence-electron chi connectivity index (χ4n) is 0.977. The Labute approximate surface area is 75.5 Å². The second kappa shape index (κ2) is 4.21. The van der Waals surface area contributed by atoms with Crippen molar-refractivity contribution in [2.75, 3.05) is 0 Å². The van der Waals surface area contributed by atoms with Crippen molar-refractivity contribution in [2.24, 2.45) is 0 Å². The molecule has 0 fully saturated rings. The molecule has 1 aromatic rings. The van der Waals surface area contributed by atoms with Gasteiger partial charge in [-0.05, 0) is 18.1 Å². The smallest absolute Gasteiger partial charge is 0.303 e. The Morgan fingerprint density at radius 3 is 3.08 bits per heavy atom. The summed E-state index contributed by atoms with van der Waals surface area (Å²) in [4.78, 5) is 14.1. The first-order chi connectivity index (χ1) is 6.24. The van der Waals surface area contributed by atoms with Crippen LogP contribution in [0.4, 0.5) is 0 Å². The summed E-state index contributed by atoms with van der Waals surface area (Å²) in [7, 11) is 0. The van der Waals surface area contributed by atoms with E-state index in [2.05, 4.69) is 4.98 Å². The number of carbonyl (C=O) groups is 1. The maximum absolute atomic E-state index is 10.3. The number of aliphatic carboxylic acids is 1. The summed E-state index contributed by atoms with van der Waals surface area (Å²) in [5, 5.41) is 17.1. The summed E-state index contributed by atoms with van der Waals surface area (Å²) >= 11 is 0. The maximum atomic E-state index is 10.3. The zero-order valence-corrected chi connectivity index (χ0v) is 6.90. The average Bonchev–Trinajstić information content (AvgIpc) is 2.15. The van der Waals surface area contributed by atoms with E-state index in [9.17, 15) is 4.79 Å². The molecule has 0 aliphatic carbocycles. The lowest BCUT2D eigenvalue weighted by molar-refractivity contribution is -0.136. The molecule has 0 spiro atoms. The Kier molecular flexibility index (Phi) is 2.98. The van der Waals surface area contributed by atoms with E-state index in [1.807, 2.05) is 6.07 Å². The number of rotatable bonds is 3. The van der Waals surface area contributed by atoms with E-state index < -0.39 is 5.97 Å². The van der Waals surface area contributed by atoms with Crippen LogP contribution < -0.4 is 0 Å². The van der Waals surface area contributed by atoms with Gasteiger partial charge in [0.25, 0.3) is 0 Å². The van der Waals surface area contributed by atoms with Gasteiger partial charge in [0.15, 0.2) is 0 Å². The van der Waals surface area contributed by atoms with Crippen molar-refractivity contribution in [3.8, 4) is 6.07 Å². The van der Waals surface area contributed by atoms with Crippen molar-refractivity contribution in [3.05, 3.63) is 29.6 Å². The predicted octanol–water partition coefficient (Wildman–Crippen LogP) is 0.970. The number of hydrogen-bond acceptors (Lipinski definition) is 3. The first kappa shape index (κ1) is 9.20. The standard InChI is InChI=1S/C9H8N2O2/c10-5-7-3-4-11-6-8(7)1-2-9(12)13/h3-4,6H,1-2H2,(H,12,13). The van der Waals surface area contributed by atoms with E-state index in [0.29, 0.717) is 17.5 Å². The molecule has 0 unspecified atom stereocenters. The quantitative estimate of drug-likeness (QED) is 0.744. The van der Waals surface area contributed by atoms with E-state index in [0.717, 1.165) is 0 Å². The normalized spacial score (nSPS) is 9.15. The molecule has 13 heavy (non-hydrogen) atoms. The number of aromatic nitrogens is 1. The summed E-state index contributed by atoms with van der Waals surface area (Å²) in [6.07, 6.45) is 3.43. The Morgan fingerprint density at radius 2 is 2.46 bits per heavy atom. The van der Waals surface area contributed by atoms with Crippen molar-refractivity contribution in [2.45, 2.75) is 12.8 Å². The van der Waals surface area contributed by atoms with Crippen molar-refractivity contribution in [1.29, 1.82) is 5.26 Å². The predicted molar refractivity (Wildman–Crippen MR) is 44.9 cm³/mol. The Balaban J connectivity index is 2.77. The van der Waals surface area contributed by atoms with Gasteiger partial charge in [-0.15, -0.1) is 0 Å². The highest BCUT2D eigenvalue weighted by molar-refractivity contribution is 5.67. The Morgan fingerprint density at radius 1 is 1.69 bits per heavy atom. The van der Waals surface area contributed by atoms with E-state index in [4.69, 9.17) is 10.4 Å². The number of aryl methyl sites for hydroxylation is 1. The highest BCUT2D eigenvalue weighted by Gasteiger charge is 2.03. The maximum Gasteiger partial charge on any atom is 0.303 e. The second-order valence-electron chi connectivity index (χ2n) is 2.54. The van der Waals surface area contributed by atoms with Gasteiger partial charge in [-0.1, -0.05) is 0 Å². The minimum absolute atomic E-state index is 0.0281. The van der Waals surface area contributed by atoms with E-state index in [-0.39, 0.29) is 6.42 Å². The number of carboxylic acids is 1. The molecule has 0 aromatic carbocycles. The lowest BCUT2D eigenvalue weighted by Gasteiger charge is -1.99. The highest BCUT2D eigenvalue weighted by atomic mass is 16.4. The minimum atomic E-state index is -0.868. The SMILES string of the molecule is N#Cc1ccncc1CCC(=O)O. The molecule has 4 heteroatoms. The second-order valence-corrected chi connectivity index (χ2v) is 2.54. The van der Waals surface area contributed by atoms with E-state index in [1.54, 1.807) is 6.07 Å². The van der Waals surface area contributed by atoms with Crippen LogP contribution in [0.2, 0.25) is 0 Å². The van der Waals surface area contributed by atoms with Crippen LogP contribution >= 0.6 is 0 Å². The minimum Gasteiger partial charge on any atom is -0.481 e. The van der Waals surface area contributed by atoms with Gasteiger partial charge in [0, 0.05) is 18.8 Å². The third kappa shape index (κ3) is 2.56. The zero-order chi connectivity index (χ0) is 9.68. The van der Waals surface area contributed by atoms with E-state index >= 15 is 0 Å². The van der Waals surface area contributed by atoms with Crippen LogP contribution in [0.25, 0.3) is 0 Å². The molecule has 0 saturated carbocycles. The molecule has 0 amide bonds. The van der Waals surface area contributed by atoms with Crippen molar-refractivity contribution in [3.63, 3.8) is 0 Å². The summed E-state index contributed by atoms with van der Waals surface area (Å²) in [5.41, 5.74) is 1.18. The van der Waals surface area contributed by atoms with Crippen molar-refractivity contribution in [1.82, 2.24) is 4.98 Å². The summed E-state index contributed by atoms with van der Waals surface area (Å²) in [6, 6.07) is 3.57. The topological polar surface area (TPSA) is 74.0 Å². The first-order valence-corrected chi connectivity index (χ1v) is 3.79. The molecule has 1 rings (SSSR count). The Hall–Kier alpha value is -1.89. The molecule has 0 aliphatic heterocycles. The molecule has 0 radical (unpaired) electrons. The van der Waals surface area contributed by atoms with Gasteiger partial charge in [0.2, 0.25) is 0 Å². The van der Waals surface area contributed by atoms with Gasteiger partial charge in [-0.25, -0.2) is 0 Å². The fourth-order valence-corrected chi connectivity index (χ4v) is 0.977. The molecule has 0 bridgehead atoms. The highest BCUT2D eigenvalue weighted by Crippen LogP contribution is 2.07. The van der Waals surface area contributed by atoms with Gasteiger partial charge in [-0.2, -0.15) is 5.26 Å². The molecule has 1 N–H and O–H groups in total. The zero-order valence-electron chi connectivity index (χ0n) is 6.90. The van der Waals surface area contributed by atoms with Crippen LogP contribution in [-0.2, 0) is 11.2 Å². The summed E-state index contributed by atoms with van der Waals surface area (Å²) in [6.45, 7) is 0. The lowest BCUT2D eigenvalue weighted by atomic mass is 10.1. The number of pyridine rings is 1. The molecular weight excluding hydrogens is 168 g/mol. The third-order valence-corrected chi connectivity index (χ3v) is 1.63. The number of nitriles is 1. The molecular formula is C9H8N2O2. The summed E-state index contributed by atoms with van der Waals surface area (Å²) < 4.78 is 0. The van der Waals surface area contributed by atoms with Gasteiger partial charge in [0.1, 0.15) is 0 Å². The number of nitrogens with zero attached hydrogens (tertiary/aromatic N) is 2. The van der Waals surface area contributed by atoms with Gasteiger partial charge in [-0.3, -0.25) is 9.78 Å². The number of carboxylic acid groups (broad SMARTS) is 1. The molecule has 1 aromatic heterocycles. The molecule has 4 nitrogen and oxygen atoms in total.